The van der Waals surface area contributed by atoms with Crippen molar-refractivity contribution in [2.75, 3.05) is 11.1 Å². The molecule has 1 aromatic heterocycles. The van der Waals surface area contributed by atoms with Crippen molar-refractivity contribution in [3.05, 3.63) is 41.0 Å². The lowest BCUT2D eigenvalue weighted by Gasteiger charge is -2.13. The van der Waals surface area contributed by atoms with Crippen molar-refractivity contribution < 1.29 is 0 Å². The first kappa shape index (κ1) is 11.3. The molecule has 0 saturated heterocycles. The molecular weight excluding hydrogens is 254 g/mol. The van der Waals surface area contributed by atoms with Crippen LogP contribution in [0.4, 0.5) is 10.8 Å². The summed E-state index contributed by atoms with van der Waals surface area (Å²) < 4.78 is 4.33. The molecule has 0 bridgehead atoms. The van der Waals surface area contributed by atoms with Gasteiger partial charge in [0.25, 0.3) is 0 Å². The standard InChI is InChI=1S/C15H17N3S/c16-14-13(9-5-6-9)15(19-18-14)17-12-7-10-3-1-2-4-11(10)8-12/h1-4,9,12,17H,5-8H2,(H2,16,18). The predicted octanol–water partition coefficient (Wildman–Crippen LogP) is 3.18. The number of nitrogen functional groups attached to an aromatic ring is 1. The van der Waals surface area contributed by atoms with Gasteiger partial charge in [-0.1, -0.05) is 24.3 Å². The molecule has 4 heteroatoms. The number of fused-ring (bicyclic) bond motifs is 1. The van der Waals surface area contributed by atoms with Gasteiger partial charge in [-0.2, -0.15) is 4.37 Å². The van der Waals surface area contributed by atoms with Gasteiger partial charge >= 0.3 is 0 Å². The second-order valence-electron chi connectivity index (χ2n) is 5.60. The molecule has 0 atom stereocenters. The van der Waals surface area contributed by atoms with Crippen LogP contribution in [-0.4, -0.2) is 10.4 Å². The SMILES string of the molecule is Nc1nsc(NC2Cc3ccccc3C2)c1C1CC1. The Morgan fingerprint density at radius 2 is 1.84 bits per heavy atom. The van der Waals surface area contributed by atoms with Crippen molar-refractivity contribution in [1.82, 2.24) is 4.37 Å². The second kappa shape index (κ2) is 4.23. The molecule has 3 nitrogen and oxygen atoms in total. The molecule has 1 fully saturated rings. The van der Waals surface area contributed by atoms with E-state index >= 15 is 0 Å². The van der Waals surface area contributed by atoms with Crippen molar-refractivity contribution in [2.24, 2.45) is 0 Å². The lowest BCUT2D eigenvalue weighted by molar-refractivity contribution is 0.775. The van der Waals surface area contributed by atoms with Crippen LogP contribution < -0.4 is 11.1 Å². The zero-order valence-corrected chi connectivity index (χ0v) is 11.5. The van der Waals surface area contributed by atoms with Crippen LogP contribution in [0.3, 0.4) is 0 Å². The Labute approximate surface area is 117 Å². The molecule has 2 aliphatic carbocycles. The zero-order chi connectivity index (χ0) is 12.8. The molecule has 0 unspecified atom stereocenters. The molecule has 1 aromatic carbocycles. The number of hydrogen-bond acceptors (Lipinski definition) is 4. The molecule has 0 aliphatic heterocycles. The van der Waals surface area contributed by atoms with Gasteiger partial charge in [-0.15, -0.1) is 0 Å². The number of nitrogens with zero attached hydrogens (tertiary/aromatic N) is 1. The van der Waals surface area contributed by atoms with Crippen LogP contribution >= 0.6 is 11.5 Å². The Bertz CT molecular complexity index is 591. The maximum atomic E-state index is 6.00. The van der Waals surface area contributed by atoms with Crippen molar-refractivity contribution in [3.63, 3.8) is 0 Å². The third-order valence-electron chi connectivity index (χ3n) is 4.13. The summed E-state index contributed by atoms with van der Waals surface area (Å²) >= 11 is 1.52. The van der Waals surface area contributed by atoms with Gasteiger partial charge < -0.3 is 11.1 Å². The van der Waals surface area contributed by atoms with E-state index in [0.717, 1.165) is 18.7 Å². The van der Waals surface area contributed by atoms with Gasteiger partial charge in [-0.05, 0) is 54.3 Å². The quantitative estimate of drug-likeness (QED) is 0.901. The van der Waals surface area contributed by atoms with Crippen LogP contribution in [0, 0.1) is 0 Å². The van der Waals surface area contributed by atoms with Crippen LogP contribution in [0.5, 0.6) is 0 Å². The summed E-state index contributed by atoms with van der Waals surface area (Å²) in [6.07, 6.45) is 4.75. The van der Waals surface area contributed by atoms with E-state index in [1.54, 1.807) is 0 Å². The highest BCUT2D eigenvalue weighted by molar-refractivity contribution is 7.10. The van der Waals surface area contributed by atoms with E-state index in [2.05, 4.69) is 34.0 Å². The normalized spacial score (nSPS) is 18.5. The Balaban J connectivity index is 1.54. The van der Waals surface area contributed by atoms with Gasteiger partial charge in [-0.25, -0.2) is 0 Å². The largest absolute Gasteiger partial charge is 0.383 e. The molecule has 1 saturated carbocycles. The number of aromatic nitrogens is 1. The van der Waals surface area contributed by atoms with Gasteiger partial charge in [-0.3, -0.25) is 0 Å². The summed E-state index contributed by atoms with van der Waals surface area (Å²) in [5, 5.41) is 4.88. The van der Waals surface area contributed by atoms with Crippen LogP contribution in [0.1, 0.15) is 35.4 Å². The summed E-state index contributed by atoms with van der Waals surface area (Å²) in [6.45, 7) is 0. The van der Waals surface area contributed by atoms with Crippen LogP contribution in [0.15, 0.2) is 24.3 Å². The predicted molar refractivity (Wildman–Crippen MR) is 79.8 cm³/mol. The summed E-state index contributed by atoms with van der Waals surface area (Å²) in [6, 6.07) is 9.22. The average molecular weight is 271 g/mol. The molecule has 98 valence electrons. The summed E-state index contributed by atoms with van der Waals surface area (Å²) in [5.74, 6) is 1.40. The summed E-state index contributed by atoms with van der Waals surface area (Å²) in [5.41, 5.74) is 10.2. The van der Waals surface area contributed by atoms with Gasteiger partial charge in [0, 0.05) is 11.6 Å². The number of benzene rings is 1. The van der Waals surface area contributed by atoms with Crippen molar-refractivity contribution >= 4 is 22.4 Å². The molecule has 1 heterocycles. The van der Waals surface area contributed by atoms with Gasteiger partial charge in [0.2, 0.25) is 0 Å². The smallest absolute Gasteiger partial charge is 0.142 e. The van der Waals surface area contributed by atoms with E-state index in [9.17, 15) is 0 Å². The first-order valence-electron chi connectivity index (χ1n) is 6.89. The molecule has 3 N–H and O–H groups in total. The minimum absolute atomic E-state index is 0.495. The minimum atomic E-state index is 0.495. The van der Waals surface area contributed by atoms with Gasteiger partial charge in [0.15, 0.2) is 0 Å². The topological polar surface area (TPSA) is 50.9 Å². The fourth-order valence-corrected chi connectivity index (χ4v) is 3.90. The van der Waals surface area contributed by atoms with E-state index in [-0.39, 0.29) is 0 Å². The highest BCUT2D eigenvalue weighted by Crippen LogP contribution is 2.48. The van der Waals surface area contributed by atoms with E-state index in [1.807, 2.05) is 0 Å². The molecule has 2 aromatic rings. The van der Waals surface area contributed by atoms with Crippen molar-refractivity contribution in [1.29, 1.82) is 0 Å². The minimum Gasteiger partial charge on any atom is -0.383 e. The molecule has 0 spiro atoms. The maximum absolute atomic E-state index is 6.00. The van der Waals surface area contributed by atoms with Crippen LogP contribution in [0.25, 0.3) is 0 Å². The Kier molecular flexibility index (Phi) is 2.52. The highest BCUT2D eigenvalue weighted by atomic mass is 32.1. The van der Waals surface area contributed by atoms with E-state index in [1.165, 1.54) is 46.1 Å². The molecular formula is C15H17N3S. The van der Waals surface area contributed by atoms with Crippen LogP contribution in [0.2, 0.25) is 0 Å². The fourth-order valence-electron chi connectivity index (χ4n) is 3.03. The zero-order valence-electron chi connectivity index (χ0n) is 10.7. The Hall–Kier alpha value is -1.55. The monoisotopic (exact) mass is 271 g/mol. The molecule has 2 aliphatic rings. The summed E-state index contributed by atoms with van der Waals surface area (Å²) in [7, 11) is 0. The number of rotatable bonds is 3. The second-order valence-corrected chi connectivity index (χ2v) is 6.38. The number of nitrogens with two attached hydrogens (primary N) is 1. The van der Waals surface area contributed by atoms with Gasteiger partial charge in [0.05, 0.1) is 0 Å². The Morgan fingerprint density at radius 3 is 2.47 bits per heavy atom. The number of anilines is 2. The Morgan fingerprint density at radius 1 is 1.16 bits per heavy atom. The molecule has 19 heavy (non-hydrogen) atoms. The third-order valence-corrected chi connectivity index (χ3v) is 4.94. The highest BCUT2D eigenvalue weighted by Gasteiger charge is 2.32. The maximum Gasteiger partial charge on any atom is 0.142 e. The van der Waals surface area contributed by atoms with Crippen LogP contribution in [-0.2, 0) is 12.8 Å². The first-order chi connectivity index (χ1) is 9.31. The molecule has 4 rings (SSSR count). The van der Waals surface area contributed by atoms with E-state index in [4.69, 9.17) is 5.73 Å². The van der Waals surface area contributed by atoms with Gasteiger partial charge in [0.1, 0.15) is 10.8 Å². The third kappa shape index (κ3) is 2.00. The lowest BCUT2D eigenvalue weighted by atomic mass is 10.1. The molecule has 0 radical (unpaired) electrons. The fraction of sp³-hybridized carbons (Fsp3) is 0.400. The van der Waals surface area contributed by atoms with E-state index < -0.39 is 0 Å². The van der Waals surface area contributed by atoms with E-state index in [0.29, 0.717) is 12.0 Å². The van der Waals surface area contributed by atoms with Crippen molar-refractivity contribution in [2.45, 2.75) is 37.6 Å². The first-order valence-corrected chi connectivity index (χ1v) is 7.67. The van der Waals surface area contributed by atoms with Crippen molar-refractivity contribution in [3.8, 4) is 0 Å². The molecule has 0 amide bonds. The number of hydrogen-bond donors (Lipinski definition) is 2. The average Bonchev–Trinajstić information content (AvgIpc) is 3.05. The lowest BCUT2D eigenvalue weighted by Crippen LogP contribution is -2.19. The summed E-state index contributed by atoms with van der Waals surface area (Å²) in [4.78, 5) is 0. The number of nitrogens with one attached hydrogen (secondary N) is 1.